The van der Waals surface area contributed by atoms with Crippen LogP contribution in [0.1, 0.15) is 12.0 Å². The molecule has 0 atom stereocenters. The number of benzene rings is 1. The molecule has 0 unspecified atom stereocenters. The minimum Gasteiger partial charge on any atom is -0.496 e. The van der Waals surface area contributed by atoms with Gasteiger partial charge in [0, 0.05) is 23.9 Å². The highest BCUT2D eigenvalue weighted by atomic mass is 32.2. The normalized spacial score (nSPS) is 15.8. The SMILES string of the molecule is C=C1SCCCN1C(=O)/C=C/c1ccccc1OC. The Hall–Kier alpha value is -1.68. The maximum Gasteiger partial charge on any atom is 0.251 e. The maximum absolute atomic E-state index is 12.1. The molecule has 0 aromatic heterocycles. The molecular weight excluding hydrogens is 258 g/mol. The Kier molecular flexibility index (Phi) is 4.68. The smallest absolute Gasteiger partial charge is 0.251 e. The number of nitrogens with zero attached hydrogens (tertiary/aromatic N) is 1. The Bertz CT molecular complexity index is 511. The summed E-state index contributed by atoms with van der Waals surface area (Å²) in [4.78, 5) is 13.8. The van der Waals surface area contributed by atoms with Gasteiger partial charge in [0.2, 0.25) is 0 Å². The van der Waals surface area contributed by atoms with E-state index < -0.39 is 0 Å². The predicted octanol–water partition coefficient (Wildman–Crippen LogP) is 3.15. The van der Waals surface area contributed by atoms with E-state index in [0.29, 0.717) is 0 Å². The number of hydrogen-bond donors (Lipinski definition) is 0. The summed E-state index contributed by atoms with van der Waals surface area (Å²) in [5.41, 5.74) is 0.897. The summed E-state index contributed by atoms with van der Waals surface area (Å²) in [5, 5.41) is 0.834. The van der Waals surface area contributed by atoms with Crippen LogP contribution in [-0.4, -0.2) is 30.2 Å². The fraction of sp³-hybridized carbons (Fsp3) is 0.267. The van der Waals surface area contributed by atoms with Crippen LogP contribution in [0, 0.1) is 0 Å². The third-order valence-electron chi connectivity index (χ3n) is 2.91. The second-order valence-corrected chi connectivity index (χ2v) is 5.33. The first-order valence-corrected chi connectivity index (χ1v) is 7.15. The van der Waals surface area contributed by atoms with Crippen LogP contribution in [-0.2, 0) is 4.79 Å². The molecule has 1 fully saturated rings. The number of ether oxygens (including phenoxy) is 1. The summed E-state index contributed by atoms with van der Waals surface area (Å²) in [7, 11) is 1.62. The molecule has 19 heavy (non-hydrogen) atoms. The molecular formula is C15H17NO2S. The molecule has 0 bridgehead atoms. The van der Waals surface area contributed by atoms with Crippen molar-refractivity contribution in [1.29, 1.82) is 0 Å². The largest absolute Gasteiger partial charge is 0.496 e. The van der Waals surface area contributed by atoms with E-state index in [9.17, 15) is 4.79 Å². The molecule has 0 saturated carbocycles. The zero-order valence-electron chi connectivity index (χ0n) is 11.0. The highest BCUT2D eigenvalue weighted by molar-refractivity contribution is 8.03. The Morgan fingerprint density at radius 2 is 2.26 bits per heavy atom. The van der Waals surface area contributed by atoms with Gasteiger partial charge in [0.1, 0.15) is 5.75 Å². The molecule has 0 spiro atoms. The van der Waals surface area contributed by atoms with E-state index >= 15 is 0 Å². The summed E-state index contributed by atoms with van der Waals surface area (Å²) in [6.07, 6.45) is 4.38. The van der Waals surface area contributed by atoms with E-state index in [1.807, 2.05) is 24.3 Å². The van der Waals surface area contributed by atoms with Gasteiger partial charge in [-0.1, -0.05) is 24.8 Å². The van der Waals surface area contributed by atoms with Crippen LogP contribution in [0.4, 0.5) is 0 Å². The predicted molar refractivity (Wildman–Crippen MR) is 80.0 cm³/mol. The molecule has 3 nitrogen and oxygen atoms in total. The van der Waals surface area contributed by atoms with Gasteiger partial charge in [-0.3, -0.25) is 4.79 Å². The molecule has 1 aromatic carbocycles. The Balaban J connectivity index is 2.09. The van der Waals surface area contributed by atoms with Crippen LogP contribution in [0.5, 0.6) is 5.75 Å². The van der Waals surface area contributed by atoms with Crippen molar-refractivity contribution in [2.45, 2.75) is 6.42 Å². The van der Waals surface area contributed by atoms with Gasteiger partial charge in [-0.25, -0.2) is 0 Å². The molecule has 2 rings (SSSR count). The summed E-state index contributed by atoms with van der Waals surface area (Å²) < 4.78 is 5.25. The number of hydrogen-bond acceptors (Lipinski definition) is 3. The lowest BCUT2D eigenvalue weighted by Crippen LogP contribution is -2.31. The average molecular weight is 275 g/mol. The lowest BCUT2D eigenvalue weighted by atomic mass is 10.2. The van der Waals surface area contributed by atoms with Crippen LogP contribution >= 0.6 is 11.8 Å². The van der Waals surface area contributed by atoms with Crippen molar-refractivity contribution in [2.75, 3.05) is 19.4 Å². The number of carbonyl (C=O) groups excluding carboxylic acids is 1. The fourth-order valence-electron chi connectivity index (χ4n) is 1.90. The van der Waals surface area contributed by atoms with Gasteiger partial charge in [0.15, 0.2) is 0 Å². The van der Waals surface area contributed by atoms with E-state index in [2.05, 4.69) is 6.58 Å². The van der Waals surface area contributed by atoms with Crippen LogP contribution in [0.15, 0.2) is 41.9 Å². The molecule has 0 N–H and O–H groups in total. The molecule has 1 aromatic rings. The Morgan fingerprint density at radius 3 is 3.00 bits per heavy atom. The average Bonchev–Trinajstić information content (AvgIpc) is 2.45. The number of rotatable bonds is 3. The monoisotopic (exact) mass is 275 g/mol. The van der Waals surface area contributed by atoms with Crippen LogP contribution in [0.3, 0.4) is 0 Å². The van der Waals surface area contributed by atoms with E-state index in [1.54, 1.807) is 35.9 Å². The molecule has 100 valence electrons. The summed E-state index contributed by atoms with van der Waals surface area (Å²) in [6.45, 7) is 4.67. The zero-order valence-corrected chi connectivity index (χ0v) is 11.8. The molecule has 4 heteroatoms. The van der Waals surface area contributed by atoms with Crippen LogP contribution < -0.4 is 4.74 Å². The molecule has 1 saturated heterocycles. The van der Waals surface area contributed by atoms with E-state index in [1.165, 1.54) is 0 Å². The van der Waals surface area contributed by atoms with Gasteiger partial charge in [-0.15, -0.1) is 11.8 Å². The van der Waals surface area contributed by atoms with Crippen molar-refractivity contribution in [1.82, 2.24) is 4.90 Å². The first-order valence-electron chi connectivity index (χ1n) is 6.16. The van der Waals surface area contributed by atoms with Crippen molar-refractivity contribution in [3.63, 3.8) is 0 Å². The van der Waals surface area contributed by atoms with Crippen molar-refractivity contribution in [3.8, 4) is 5.75 Å². The highest BCUT2D eigenvalue weighted by Crippen LogP contribution is 2.25. The summed E-state index contributed by atoms with van der Waals surface area (Å²) in [5.74, 6) is 1.78. The first-order chi connectivity index (χ1) is 9.22. The number of amides is 1. The van der Waals surface area contributed by atoms with Gasteiger partial charge in [-0.05, 0) is 18.6 Å². The summed E-state index contributed by atoms with van der Waals surface area (Å²) >= 11 is 1.64. The first kappa shape index (κ1) is 13.7. The lowest BCUT2D eigenvalue weighted by Gasteiger charge is -2.27. The standard InChI is InChI=1S/C15H17NO2S/c1-12-16(10-5-11-19-12)15(17)9-8-13-6-3-4-7-14(13)18-2/h3-4,6-9H,1,5,10-11H2,2H3/b9-8+. The number of carbonyl (C=O) groups is 1. The van der Waals surface area contributed by atoms with E-state index in [0.717, 1.165) is 35.1 Å². The molecule has 1 aliphatic heterocycles. The van der Waals surface area contributed by atoms with Gasteiger partial charge in [-0.2, -0.15) is 0 Å². The van der Waals surface area contributed by atoms with E-state index in [4.69, 9.17) is 4.74 Å². The number of para-hydroxylation sites is 1. The maximum atomic E-state index is 12.1. The van der Waals surface area contributed by atoms with Crippen LogP contribution in [0.25, 0.3) is 6.08 Å². The highest BCUT2D eigenvalue weighted by Gasteiger charge is 2.18. The van der Waals surface area contributed by atoms with Crippen molar-refractivity contribution >= 4 is 23.7 Å². The number of thioether (sulfide) groups is 1. The topological polar surface area (TPSA) is 29.5 Å². The second kappa shape index (κ2) is 6.48. The Labute approximate surface area is 117 Å². The van der Waals surface area contributed by atoms with Gasteiger partial charge in [0.05, 0.1) is 12.1 Å². The second-order valence-electron chi connectivity index (χ2n) is 4.16. The van der Waals surface area contributed by atoms with Crippen molar-refractivity contribution < 1.29 is 9.53 Å². The number of methoxy groups -OCH3 is 1. The minimum atomic E-state index is -0.0249. The Morgan fingerprint density at radius 1 is 1.47 bits per heavy atom. The van der Waals surface area contributed by atoms with Gasteiger partial charge in [0.25, 0.3) is 5.91 Å². The fourth-order valence-corrected chi connectivity index (χ4v) is 2.75. The zero-order chi connectivity index (χ0) is 13.7. The molecule has 1 aliphatic rings. The van der Waals surface area contributed by atoms with Gasteiger partial charge >= 0.3 is 0 Å². The van der Waals surface area contributed by atoms with Crippen molar-refractivity contribution in [3.05, 3.63) is 47.5 Å². The molecule has 1 amide bonds. The third kappa shape index (κ3) is 3.41. The van der Waals surface area contributed by atoms with Gasteiger partial charge < -0.3 is 9.64 Å². The summed E-state index contributed by atoms with van der Waals surface area (Å²) in [6, 6.07) is 7.62. The third-order valence-corrected chi connectivity index (χ3v) is 3.95. The van der Waals surface area contributed by atoms with Crippen LogP contribution in [0.2, 0.25) is 0 Å². The molecule has 0 radical (unpaired) electrons. The molecule has 1 heterocycles. The van der Waals surface area contributed by atoms with E-state index in [-0.39, 0.29) is 5.91 Å². The lowest BCUT2D eigenvalue weighted by molar-refractivity contribution is -0.123. The quantitative estimate of drug-likeness (QED) is 0.794. The molecule has 0 aliphatic carbocycles. The minimum absolute atomic E-state index is 0.0249. The van der Waals surface area contributed by atoms with Crippen molar-refractivity contribution in [2.24, 2.45) is 0 Å².